The van der Waals surface area contributed by atoms with E-state index in [9.17, 15) is 15.0 Å². The average Bonchev–Trinajstić information content (AvgIpc) is 2.45. The zero-order valence-corrected chi connectivity index (χ0v) is 13.4. The first-order valence-electron chi connectivity index (χ1n) is 7.65. The van der Waals surface area contributed by atoms with E-state index in [0.29, 0.717) is 5.75 Å². The standard InChI is InChI=1S/C19H20O4/c1-11-5-4-6-15(20)17(11)14-10-19(2,3)23-16-8-7-12(18(21)22)9-13(14)16/h4-11,17,20H,1-3H3,(H,21,22). The van der Waals surface area contributed by atoms with Crippen LogP contribution < -0.4 is 4.74 Å². The third-order valence-electron chi connectivity index (χ3n) is 4.27. The van der Waals surface area contributed by atoms with Crippen LogP contribution in [0.3, 0.4) is 0 Å². The minimum absolute atomic E-state index is 0.112. The van der Waals surface area contributed by atoms with Gasteiger partial charge in [0.2, 0.25) is 0 Å². The Hall–Kier alpha value is -2.49. The van der Waals surface area contributed by atoms with Crippen LogP contribution in [0.2, 0.25) is 0 Å². The highest BCUT2D eigenvalue weighted by atomic mass is 16.5. The molecule has 1 aliphatic heterocycles. The topological polar surface area (TPSA) is 66.8 Å². The van der Waals surface area contributed by atoms with Crippen molar-refractivity contribution in [1.29, 1.82) is 0 Å². The number of ether oxygens (including phenoxy) is 1. The molecule has 1 aliphatic carbocycles. The Morgan fingerprint density at radius 2 is 2.04 bits per heavy atom. The lowest BCUT2D eigenvalue weighted by atomic mass is 9.76. The summed E-state index contributed by atoms with van der Waals surface area (Å²) in [5.74, 6) is -0.136. The van der Waals surface area contributed by atoms with Crippen molar-refractivity contribution in [3.63, 3.8) is 0 Å². The number of carbonyl (C=O) groups is 1. The summed E-state index contributed by atoms with van der Waals surface area (Å²) in [5, 5.41) is 19.6. The van der Waals surface area contributed by atoms with Crippen LogP contribution in [-0.4, -0.2) is 21.8 Å². The molecule has 2 N–H and O–H groups in total. The molecule has 1 aromatic carbocycles. The monoisotopic (exact) mass is 312 g/mol. The Bertz CT molecular complexity index is 753. The van der Waals surface area contributed by atoms with Crippen LogP contribution >= 0.6 is 0 Å². The van der Waals surface area contributed by atoms with Crippen LogP contribution in [-0.2, 0) is 0 Å². The van der Waals surface area contributed by atoms with Crippen molar-refractivity contribution in [2.45, 2.75) is 26.4 Å². The number of benzene rings is 1. The quantitative estimate of drug-likeness (QED) is 0.858. The molecule has 0 aromatic heterocycles. The molecule has 4 nitrogen and oxygen atoms in total. The summed E-state index contributed by atoms with van der Waals surface area (Å²) >= 11 is 0. The normalized spacial score (nSPS) is 25.0. The van der Waals surface area contributed by atoms with Gasteiger partial charge >= 0.3 is 5.97 Å². The molecule has 1 aromatic rings. The largest absolute Gasteiger partial charge is 0.512 e. The smallest absolute Gasteiger partial charge is 0.335 e. The lowest BCUT2D eigenvalue weighted by Crippen LogP contribution is -2.31. The molecule has 0 saturated carbocycles. The maximum absolute atomic E-state index is 11.3. The van der Waals surface area contributed by atoms with Crippen molar-refractivity contribution in [2.75, 3.05) is 0 Å². The molecule has 2 atom stereocenters. The highest BCUT2D eigenvalue weighted by molar-refractivity contribution is 5.90. The lowest BCUT2D eigenvalue weighted by Gasteiger charge is -2.36. The Balaban J connectivity index is 2.17. The molecule has 0 spiro atoms. The van der Waals surface area contributed by atoms with Crippen LogP contribution in [0.25, 0.3) is 5.57 Å². The highest BCUT2D eigenvalue weighted by Gasteiger charge is 2.34. The van der Waals surface area contributed by atoms with Gasteiger partial charge in [0.15, 0.2) is 0 Å². The fourth-order valence-corrected chi connectivity index (χ4v) is 3.26. The van der Waals surface area contributed by atoms with Crippen molar-refractivity contribution in [3.8, 4) is 5.75 Å². The summed E-state index contributed by atoms with van der Waals surface area (Å²) in [6.07, 6.45) is 7.55. The SMILES string of the molecule is CC1C=CC=C(O)C1C1=CC(C)(C)Oc2ccc(C(=O)O)cc21. The van der Waals surface area contributed by atoms with Gasteiger partial charge in [-0.05, 0) is 55.7 Å². The molecule has 4 heteroatoms. The number of aromatic carboxylic acids is 1. The fourth-order valence-electron chi connectivity index (χ4n) is 3.26. The molecule has 0 saturated heterocycles. The van der Waals surface area contributed by atoms with Crippen LogP contribution in [0.1, 0.15) is 36.7 Å². The zero-order chi connectivity index (χ0) is 16.8. The third-order valence-corrected chi connectivity index (χ3v) is 4.27. The summed E-state index contributed by atoms with van der Waals surface area (Å²) in [5.41, 5.74) is 1.33. The van der Waals surface area contributed by atoms with Gasteiger partial charge in [-0.1, -0.05) is 19.1 Å². The molecule has 120 valence electrons. The molecule has 0 fully saturated rings. The van der Waals surface area contributed by atoms with Gasteiger partial charge in [-0.3, -0.25) is 0 Å². The van der Waals surface area contributed by atoms with Gasteiger partial charge in [0.05, 0.1) is 5.56 Å². The summed E-state index contributed by atoms with van der Waals surface area (Å²) in [7, 11) is 0. The summed E-state index contributed by atoms with van der Waals surface area (Å²) in [6.45, 7) is 5.94. The van der Waals surface area contributed by atoms with Crippen LogP contribution in [0.5, 0.6) is 5.75 Å². The third kappa shape index (κ3) is 2.77. The number of carboxylic acids is 1. The molecule has 0 radical (unpaired) electrons. The molecule has 23 heavy (non-hydrogen) atoms. The van der Waals surface area contributed by atoms with Gasteiger partial charge < -0.3 is 14.9 Å². The number of aliphatic hydroxyl groups excluding tert-OH is 1. The average molecular weight is 312 g/mol. The van der Waals surface area contributed by atoms with E-state index in [1.165, 1.54) is 0 Å². The van der Waals surface area contributed by atoms with E-state index in [1.807, 2.05) is 39.0 Å². The number of allylic oxidation sites excluding steroid dienone is 4. The van der Waals surface area contributed by atoms with Crippen molar-refractivity contribution in [2.24, 2.45) is 11.8 Å². The molecular weight excluding hydrogens is 292 g/mol. The minimum Gasteiger partial charge on any atom is -0.512 e. The van der Waals surface area contributed by atoms with E-state index in [4.69, 9.17) is 4.74 Å². The van der Waals surface area contributed by atoms with Gasteiger partial charge in [-0.2, -0.15) is 0 Å². The summed E-state index contributed by atoms with van der Waals surface area (Å²) < 4.78 is 5.96. The zero-order valence-electron chi connectivity index (χ0n) is 13.4. The molecule has 3 rings (SSSR count). The van der Waals surface area contributed by atoms with Gasteiger partial charge in [-0.25, -0.2) is 4.79 Å². The van der Waals surface area contributed by atoms with Crippen LogP contribution in [0, 0.1) is 11.8 Å². The fraction of sp³-hybridized carbons (Fsp3) is 0.316. The van der Waals surface area contributed by atoms with E-state index >= 15 is 0 Å². The van der Waals surface area contributed by atoms with Crippen molar-refractivity contribution in [1.82, 2.24) is 0 Å². The maximum atomic E-state index is 11.3. The van der Waals surface area contributed by atoms with Crippen molar-refractivity contribution in [3.05, 3.63) is 59.4 Å². The van der Waals surface area contributed by atoms with E-state index in [-0.39, 0.29) is 23.2 Å². The molecule has 1 heterocycles. The van der Waals surface area contributed by atoms with Gasteiger partial charge in [0, 0.05) is 11.5 Å². The second-order valence-corrected chi connectivity index (χ2v) is 6.63. The summed E-state index contributed by atoms with van der Waals surface area (Å²) in [6, 6.07) is 4.86. The first-order valence-corrected chi connectivity index (χ1v) is 7.65. The van der Waals surface area contributed by atoms with Crippen LogP contribution in [0.15, 0.2) is 48.3 Å². The molecular formula is C19H20O4. The second-order valence-electron chi connectivity index (χ2n) is 6.63. The van der Waals surface area contributed by atoms with Gasteiger partial charge in [0.1, 0.15) is 17.1 Å². The van der Waals surface area contributed by atoms with Gasteiger partial charge in [0.25, 0.3) is 0 Å². The summed E-state index contributed by atoms with van der Waals surface area (Å²) in [4.78, 5) is 11.3. The molecule has 0 bridgehead atoms. The van der Waals surface area contributed by atoms with E-state index in [2.05, 4.69) is 0 Å². The highest BCUT2D eigenvalue weighted by Crippen LogP contribution is 2.45. The molecule has 2 unspecified atom stereocenters. The van der Waals surface area contributed by atoms with Crippen LogP contribution in [0.4, 0.5) is 0 Å². The number of carboxylic acid groups (broad SMARTS) is 1. The van der Waals surface area contributed by atoms with E-state index in [1.54, 1.807) is 24.3 Å². The van der Waals surface area contributed by atoms with Crippen molar-refractivity contribution < 1.29 is 19.7 Å². The molecule has 0 amide bonds. The number of fused-ring (bicyclic) bond motifs is 1. The minimum atomic E-state index is -0.978. The Kier molecular flexibility index (Phi) is 3.55. The Labute approximate surface area is 135 Å². The second kappa shape index (κ2) is 5.30. The molecule has 2 aliphatic rings. The predicted octanol–water partition coefficient (Wildman–Crippen LogP) is 4.20. The Morgan fingerprint density at radius 3 is 2.70 bits per heavy atom. The number of hydrogen-bond acceptors (Lipinski definition) is 3. The number of rotatable bonds is 2. The first kappa shape index (κ1) is 15.4. The Morgan fingerprint density at radius 1 is 1.30 bits per heavy atom. The number of hydrogen-bond donors (Lipinski definition) is 2. The maximum Gasteiger partial charge on any atom is 0.335 e. The van der Waals surface area contributed by atoms with E-state index in [0.717, 1.165) is 11.1 Å². The number of aliphatic hydroxyl groups is 1. The van der Waals surface area contributed by atoms with Crippen molar-refractivity contribution >= 4 is 11.5 Å². The first-order chi connectivity index (χ1) is 10.8. The lowest BCUT2D eigenvalue weighted by molar-refractivity contribution is 0.0696. The van der Waals surface area contributed by atoms with E-state index < -0.39 is 11.6 Å². The predicted molar refractivity (Wildman–Crippen MR) is 88.6 cm³/mol. The van der Waals surface area contributed by atoms with Gasteiger partial charge in [-0.15, -0.1) is 0 Å².